The fourth-order valence-corrected chi connectivity index (χ4v) is 1.49. The van der Waals surface area contributed by atoms with Gasteiger partial charge < -0.3 is 5.32 Å². The molecule has 0 aliphatic heterocycles. The van der Waals surface area contributed by atoms with Crippen LogP contribution in [0.2, 0.25) is 5.02 Å². The zero-order chi connectivity index (χ0) is 9.68. The van der Waals surface area contributed by atoms with Crippen LogP contribution in [0, 0.1) is 0 Å². The lowest BCUT2D eigenvalue weighted by Crippen LogP contribution is -2.15. The van der Waals surface area contributed by atoms with Gasteiger partial charge in [-0.2, -0.15) is 0 Å². The maximum absolute atomic E-state index is 6.00. The first-order valence-electron chi connectivity index (χ1n) is 4.17. The second-order valence-electron chi connectivity index (χ2n) is 2.76. The van der Waals surface area contributed by atoms with E-state index in [0.717, 1.165) is 12.0 Å². The van der Waals surface area contributed by atoms with Crippen molar-refractivity contribution >= 4 is 11.6 Å². The Hall–Kier alpha value is -0.860. The van der Waals surface area contributed by atoms with Crippen LogP contribution in [0.15, 0.2) is 31.1 Å². The smallest absolute Gasteiger partial charge is 0.0637 e. The molecular weight excluding hydrogens is 184 g/mol. The van der Waals surface area contributed by atoms with Crippen LogP contribution in [-0.2, 0) is 0 Å². The van der Waals surface area contributed by atoms with Crippen molar-refractivity contribution in [2.75, 3.05) is 7.05 Å². The zero-order valence-corrected chi connectivity index (χ0v) is 8.38. The fraction of sp³-hybridized carbons (Fsp3) is 0.300. The van der Waals surface area contributed by atoms with Gasteiger partial charge in [0.25, 0.3) is 0 Å². The second kappa shape index (κ2) is 5.00. The lowest BCUT2D eigenvalue weighted by atomic mass is 10.1. The molecule has 0 fully saturated rings. The van der Waals surface area contributed by atoms with Gasteiger partial charge in [-0.3, -0.25) is 4.98 Å². The molecule has 2 nitrogen and oxygen atoms in total. The average molecular weight is 197 g/mol. The minimum atomic E-state index is 0.230. The predicted molar refractivity (Wildman–Crippen MR) is 55.9 cm³/mol. The summed E-state index contributed by atoms with van der Waals surface area (Å²) in [5, 5.41) is 3.87. The Morgan fingerprint density at radius 3 is 3.08 bits per heavy atom. The highest BCUT2D eigenvalue weighted by Gasteiger charge is 2.10. The van der Waals surface area contributed by atoms with E-state index in [4.69, 9.17) is 11.6 Å². The molecule has 70 valence electrons. The summed E-state index contributed by atoms with van der Waals surface area (Å²) < 4.78 is 0. The van der Waals surface area contributed by atoms with E-state index in [1.807, 2.05) is 19.2 Å². The van der Waals surface area contributed by atoms with Crippen molar-refractivity contribution in [3.05, 3.63) is 41.7 Å². The number of pyridine rings is 1. The van der Waals surface area contributed by atoms with Gasteiger partial charge in [0.15, 0.2) is 0 Å². The molecule has 0 bridgehead atoms. The Labute approximate surface area is 83.6 Å². The normalized spacial score (nSPS) is 12.5. The molecule has 0 aliphatic carbocycles. The standard InChI is InChI=1S/C10H13ClN2/c1-3-4-10(12-2)8-5-6-13-7-9(8)11/h3,5-7,10,12H,1,4H2,2H3. The molecule has 3 heteroatoms. The first kappa shape index (κ1) is 10.2. The van der Waals surface area contributed by atoms with E-state index in [-0.39, 0.29) is 6.04 Å². The number of halogens is 1. The molecule has 1 aromatic heterocycles. The summed E-state index contributed by atoms with van der Waals surface area (Å²) in [7, 11) is 1.91. The number of hydrogen-bond donors (Lipinski definition) is 1. The molecule has 0 saturated carbocycles. The van der Waals surface area contributed by atoms with E-state index in [9.17, 15) is 0 Å². The van der Waals surface area contributed by atoms with E-state index in [2.05, 4.69) is 16.9 Å². The predicted octanol–water partition coefficient (Wildman–Crippen LogP) is 2.57. The summed E-state index contributed by atoms with van der Waals surface area (Å²) >= 11 is 6.00. The summed E-state index contributed by atoms with van der Waals surface area (Å²) in [5.41, 5.74) is 1.07. The van der Waals surface area contributed by atoms with Gasteiger partial charge in [0.2, 0.25) is 0 Å². The van der Waals surface area contributed by atoms with Gasteiger partial charge in [-0.05, 0) is 25.1 Å². The van der Waals surface area contributed by atoms with Gasteiger partial charge in [0.05, 0.1) is 5.02 Å². The molecule has 0 radical (unpaired) electrons. The van der Waals surface area contributed by atoms with Crippen molar-refractivity contribution in [1.82, 2.24) is 10.3 Å². The molecule has 0 aromatic carbocycles. The Morgan fingerprint density at radius 2 is 2.54 bits per heavy atom. The zero-order valence-electron chi connectivity index (χ0n) is 7.63. The topological polar surface area (TPSA) is 24.9 Å². The minimum Gasteiger partial charge on any atom is -0.313 e. The minimum absolute atomic E-state index is 0.230. The van der Waals surface area contributed by atoms with Crippen LogP contribution >= 0.6 is 11.6 Å². The molecule has 1 N–H and O–H groups in total. The van der Waals surface area contributed by atoms with Crippen LogP contribution in [0.25, 0.3) is 0 Å². The second-order valence-corrected chi connectivity index (χ2v) is 3.17. The highest BCUT2D eigenvalue weighted by atomic mass is 35.5. The van der Waals surface area contributed by atoms with E-state index in [1.165, 1.54) is 0 Å². The third-order valence-corrected chi connectivity index (χ3v) is 2.25. The summed E-state index contributed by atoms with van der Waals surface area (Å²) in [6.45, 7) is 3.70. The van der Waals surface area contributed by atoms with Crippen molar-refractivity contribution in [3.63, 3.8) is 0 Å². The molecule has 1 unspecified atom stereocenters. The highest BCUT2D eigenvalue weighted by molar-refractivity contribution is 6.31. The van der Waals surface area contributed by atoms with Crippen LogP contribution in [0.3, 0.4) is 0 Å². The van der Waals surface area contributed by atoms with Crippen molar-refractivity contribution < 1.29 is 0 Å². The molecular formula is C10H13ClN2. The quantitative estimate of drug-likeness (QED) is 0.749. The average Bonchev–Trinajstić information content (AvgIpc) is 2.16. The van der Waals surface area contributed by atoms with Crippen LogP contribution in [0.5, 0.6) is 0 Å². The summed E-state index contributed by atoms with van der Waals surface area (Å²) in [5.74, 6) is 0. The number of rotatable bonds is 4. The summed E-state index contributed by atoms with van der Waals surface area (Å²) in [4.78, 5) is 3.94. The van der Waals surface area contributed by atoms with Gasteiger partial charge in [0.1, 0.15) is 0 Å². The van der Waals surface area contributed by atoms with Gasteiger partial charge in [0, 0.05) is 18.4 Å². The maximum Gasteiger partial charge on any atom is 0.0637 e. The third kappa shape index (κ3) is 2.54. The largest absolute Gasteiger partial charge is 0.313 e. The van der Waals surface area contributed by atoms with E-state index in [1.54, 1.807) is 12.4 Å². The number of aromatic nitrogens is 1. The van der Waals surface area contributed by atoms with Crippen LogP contribution in [0.4, 0.5) is 0 Å². The molecule has 0 aliphatic rings. The molecule has 1 atom stereocenters. The van der Waals surface area contributed by atoms with Crippen LogP contribution < -0.4 is 5.32 Å². The Bertz CT molecular complexity index is 286. The van der Waals surface area contributed by atoms with Gasteiger partial charge >= 0.3 is 0 Å². The molecule has 1 rings (SSSR count). The van der Waals surface area contributed by atoms with E-state index >= 15 is 0 Å². The lowest BCUT2D eigenvalue weighted by Gasteiger charge is -2.15. The summed E-state index contributed by atoms with van der Waals surface area (Å²) in [6.07, 6.45) is 6.14. The van der Waals surface area contributed by atoms with E-state index < -0.39 is 0 Å². The maximum atomic E-state index is 6.00. The molecule has 0 spiro atoms. The first-order chi connectivity index (χ1) is 6.29. The van der Waals surface area contributed by atoms with Gasteiger partial charge in [-0.15, -0.1) is 6.58 Å². The molecule has 1 aromatic rings. The van der Waals surface area contributed by atoms with Gasteiger partial charge in [-0.25, -0.2) is 0 Å². The monoisotopic (exact) mass is 196 g/mol. The molecule has 0 amide bonds. The summed E-state index contributed by atoms with van der Waals surface area (Å²) in [6, 6.07) is 2.15. The van der Waals surface area contributed by atoms with Crippen molar-refractivity contribution in [2.45, 2.75) is 12.5 Å². The third-order valence-electron chi connectivity index (χ3n) is 1.93. The Balaban J connectivity index is 2.90. The highest BCUT2D eigenvalue weighted by Crippen LogP contribution is 2.23. The Kier molecular flexibility index (Phi) is 3.93. The SMILES string of the molecule is C=CCC(NC)c1ccncc1Cl. The fourth-order valence-electron chi connectivity index (χ4n) is 1.24. The Morgan fingerprint density at radius 1 is 1.77 bits per heavy atom. The lowest BCUT2D eigenvalue weighted by molar-refractivity contribution is 0.603. The number of hydrogen-bond acceptors (Lipinski definition) is 2. The van der Waals surface area contributed by atoms with E-state index in [0.29, 0.717) is 5.02 Å². The van der Waals surface area contributed by atoms with Gasteiger partial charge in [-0.1, -0.05) is 17.7 Å². The number of nitrogens with zero attached hydrogens (tertiary/aromatic N) is 1. The molecule has 0 saturated heterocycles. The van der Waals surface area contributed by atoms with Crippen LogP contribution in [-0.4, -0.2) is 12.0 Å². The first-order valence-corrected chi connectivity index (χ1v) is 4.55. The van der Waals surface area contributed by atoms with Crippen molar-refractivity contribution in [1.29, 1.82) is 0 Å². The number of nitrogens with one attached hydrogen (secondary N) is 1. The molecule has 1 heterocycles. The van der Waals surface area contributed by atoms with Crippen LogP contribution in [0.1, 0.15) is 18.0 Å². The van der Waals surface area contributed by atoms with Crippen molar-refractivity contribution in [3.8, 4) is 0 Å². The van der Waals surface area contributed by atoms with Crippen molar-refractivity contribution in [2.24, 2.45) is 0 Å². The molecule has 13 heavy (non-hydrogen) atoms.